The van der Waals surface area contributed by atoms with E-state index in [9.17, 15) is 19.7 Å². The van der Waals surface area contributed by atoms with E-state index >= 15 is 0 Å². The van der Waals surface area contributed by atoms with Crippen molar-refractivity contribution in [2.75, 3.05) is 0 Å². The van der Waals surface area contributed by atoms with Gasteiger partial charge in [0.15, 0.2) is 0 Å². The zero-order valence-electron chi connectivity index (χ0n) is 17.4. The van der Waals surface area contributed by atoms with Crippen molar-refractivity contribution in [3.63, 3.8) is 0 Å². The number of nitrogens with zero attached hydrogens (tertiary/aromatic N) is 2. The summed E-state index contributed by atoms with van der Waals surface area (Å²) in [5.41, 5.74) is 1.04. The lowest BCUT2D eigenvalue weighted by Crippen LogP contribution is -2.50. The largest absolute Gasteiger partial charge is 0.352 e. The van der Waals surface area contributed by atoms with Crippen LogP contribution in [0.1, 0.15) is 43.7 Å². The number of rotatable bonds is 8. The summed E-state index contributed by atoms with van der Waals surface area (Å²) >= 11 is 5.96. The van der Waals surface area contributed by atoms with Crippen LogP contribution in [-0.4, -0.2) is 33.7 Å². The first-order valence-electron chi connectivity index (χ1n) is 10.4. The Hall–Kier alpha value is -2.93. The molecule has 0 aliphatic heterocycles. The molecule has 0 aromatic heterocycles. The van der Waals surface area contributed by atoms with Gasteiger partial charge in [0.1, 0.15) is 6.04 Å². The molecule has 8 heteroatoms. The van der Waals surface area contributed by atoms with Crippen molar-refractivity contribution >= 4 is 29.1 Å². The Morgan fingerprint density at radius 1 is 1.16 bits per heavy atom. The van der Waals surface area contributed by atoms with Gasteiger partial charge in [-0.1, -0.05) is 54.8 Å². The predicted molar refractivity (Wildman–Crippen MR) is 119 cm³/mol. The summed E-state index contributed by atoms with van der Waals surface area (Å²) in [6.45, 7) is 1.90. The van der Waals surface area contributed by atoms with Crippen LogP contribution in [0.15, 0.2) is 48.5 Å². The van der Waals surface area contributed by atoms with Crippen LogP contribution in [0.25, 0.3) is 0 Å². The Bertz CT molecular complexity index is 942. The minimum absolute atomic E-state index is 0.106. The molecule has 3 rings (SSSR count). The molecule has 1 atom stereocenters. The van der Waals surface area contributed by atoms with E-state index in [0.717, 1.165) is 31.2 Å². The molecule has 2 amide bonds. The van der Waals surface area contributed by atoms with Crippen LogP contribution in [0.4, 0.5) is 5.69 Å². The van der Waals surface area contributed by atoms with Crippen LogP contribution in [0.2, 0.25) is 5.02 Å². The average molecular weight is 444 g/mol. The van der Waals surface area contributed by atoms with E-state index in [4.69, 9.17) is 11.6 Å². The minimum atomic E-state index is -0.716. The monoisotopic (exact) mass is 443 g/mol. The van der Waals surface area contributed by atoms with Crippen LogP contribution in [0.3, 0.4) is 0 Å². The van der Waals surface area contributed by atoms with Crippen molar-refractivity contribution in [1.29, 1.82) is 0 Å². The SMILES string of the molecule is C[C@H](C(=O)NC1CCCC1)N(Cc1ccc(Cl)cc1)C(=O)Cc1ccccc1[N+](=O)[O-]. The molecule has 2 aromatic rings. The molecule has 1 fully saturated rings. The smallest absolute Gasteiger partial charge is 0.273 e. The van der Waals surface area contributed by atoms with Crippen molar-refractivity contribution in [3.05, 3.63) is 74.8 Å². The summed E-state index contributed by atoms with van der Waals surface area (Å²) in [5, 5.41) is 15.0. The molecule has 0 heterocycles. The zero-order chi connectivity index (χ0) is 22.4. The normalized spacial score (nSPS) is 14.8. The number of nitrogens with one attached hydrogen (secondary N) is 1. The highest BCUT2D eigenvalue weighted by atomic mass is 35.5. The molecule has 1 aliphatic carbocycles. The van der Waals surface area contributed by atoms with Crippen molar-refractivity contribution in [2.45, 2.75) is 57.7 Å². The first-order valence-corrected chi connectivity index (χ1v) is 10.8. The molecule has 31 heavy (non-hydrogen) atoms. The molecule has 0 bridgehead atoms. The Morgan fingerprint density at radius 2 is 1.81 bits per heavy atom. The molecular weight excluding hydrogens is 418 g/mol. The average Bonchev–Trinajstić information content (AvgIpc) is 3.26. The number of nitro groups is 1. The maximum absolute atomic E-state index is 13.2. The Balaban J connectivity index is 1.81. The van der Waals surface area contributed by atoms with Gasteiger partial charge >= 0.3 is 0 Å². The second-order valence-electron chi connectivity index (χ2n) is 7.88. The van der Waals surface area contributed by atoms with Gasteiger partial charge in [-0.05, 0) is 37.5 Å². The number of benzene rings is 2. The molecule has 164 valence electrons. The van der Waals surface area contributed by atoms with Gasteiger partial charge in [-0.15, -0.1) is 0 Å². The molecule has 1 saturated carbocycles. The molecular formula is C23H26ClN3O4. The summed E-state index contributed by atoms with van der Waals surface area (Å²) in [5.74, 6) is -0.560. The lowest BCUT2D eigenvalue weighted by atomic mass is 10.1. The van der Waals surface area contributed by atoms with Gasteiger partial charge in [0.2, 0.25) is 11.8 Å². The van der Waals surface area contributed by atoms with Gasteiger partial charge in [0.05, 0.1) is 11.3 Å². The van der Waals surface area contributed by atoms with E-state index in [-0.39, 0.29) is 36.5 Å². The minimum Gasteiger partial charge on any atom is -0.352 e. The number of para-hydroxylation sites is 1. The summed E-state index contributed by atoms with van der Waals surface area (Å²) in [7, 11) is 0. The second-order valence-corrected chi connectivity index (χ2v) is 8.31. The quantitative estimate of drug-likeness (QED) is 0.487. The highest BCUT2D eigenvalue weighted by molar-refractivity contribution is 6.30. The number of hydrogen-bond acceptors (Lipinski definition) is 4. The van der Waals surface area contributed by atoms with Crippen LogP contribution in [0.5, 0.6) is 0 Å². The maximum Gasteiger partial charge on any atom is 0.273 e. The van der Waals surface area contributed by atoms with E-state index in [1.807, 2.05) is 0 Å². The summed E-state index contributed by atoms with van der Waals surface area (Å²) in [6.07, 6.45) is 3.90. The van der Waals surface area contributed by atoms with Crippen LogP contribution < -0.4 is 5.32 Å². The van der Waals surface area contributed by atoms with Crippen LogP contribution in [-0.2, 0) is 22.6 Å². The molecule has 1 aliphatic rings. The highest BCUT2D eigenvalue weighted by Gasteiger charge is 2.29. The standard InChI is InChI=1S/C23H26ClN3O4/c1-16(23(29)25-20-7-3-4-8-20)26(15-17-10-12-19(24)13-11-17)22(28)14-18-6-2-5-9-21(18)27(30)31/h2,5-6,9-13,16,20H,3-4,7-8,14-15H2,1H3,(H,25,29)/t16-/m1/s1. The third-order valence-corrected chi connectivity index (χ3v) is 5.92. The number of amides is 2. The van der Waals surface area contributed by atoms with E-state index in [1.54, 1.807) is 49.4 Å². The van der Waals surface area contributed by atoms with Crippen molar-refractivity contribution in [2.24, 2.45) is 0 Å². The van der Waals surface area contributed by atoms with Gasteiger partial charge in [0.25, 0.3) is 5.69 Å². The Labute approximate surface area is 186 Å². The van der Waals surface area contributed by atoms with Gasteiger partial charge in [-0.2, -0.15) is 0 Å². The number of halogens is 1. The first-order chi connectivity index (χ1) is 14.8. The fourth-order valence-electron chi connectivity index (χ4n) is 3.86. The molecule has 2 aromatic carbocycles. The molecule has 0 spiro atoms. The number of carbonyl (C=O) groups is 2. The number of nitro benzene ring substituents is 1. The van der Waals surface area contributed by atoms with E-state index in [0.29, 0.717) is 10.6 Å². The molecule has 1 N–H and O–H groups in total. The Morgan fingerprint density at radius 3 is 2.45 bits per heavy atom. The summed E-state index contributed by atoms with van der Waals surface area (Å²) in [6, 6.07) is 12.6. The summed E-state index contributed by atoms with van der Waals surface area (Å²) in [4.78, 5) is 38.4. The number of carbonyl (C=O) groups excluding carboxylic acids is 2. The van der Waals surface area contributed by atoms with Gasteiger partial charge in [-0.25, -0.2) is 0 Å². The summed E-state index contributed by atoms with van der Waals surface area (Å²) < 4.78 is 0. The fraction of sp³-hybridized carbons (Fsp3) is 0.391. The van der Waals surface area contributed by atoms with Gasteiger partial charge in [0, 0.05) is 29.2 Å². The predicted octanol–water partition coefficient (Wildman–Crippen LogP) is 4.27. The zero-order valence-corrected chi connectivity index (χ0v) is 18.2. The lowest BCUT2D eigenvalue weighted by molar-refractivity contribution is -0.385. The third kappa shape index (κ3) is 6.04. The van der Waals surface area contributed by atoms with Crippen molar-refractivity contribution in [3.8, 4) is 0 Å². The first kappa shape index (κ1) is 22.7. The second kappa shape index (κ2) is 10.4. The van der Waals surface area contributed by atoms with Crippen molar-refractivity contribution < 1.29 is 14.5 Å². The van der Waals surface area contributed by atoms with Gasteiger partial charge in [-0.3, -0.25) is 19.7 Å². The Kier molecular flexibility index (Phi) is 7.63. The van der Waals surface area contributed by atoms with Crippen LogP contribution in [0, 0.1) is 10.1 Å². The third-order valence-electron chi connectivity index (χ3n) is 5.67. The van der Waals surface area contributed by atoms with Crippen molar-refractivity contribution in [1.82, 2.24) is 10.2 Å². The maximum atomic E-state index is 13.2. The van der Waals surface area contributed by atoms with Crippen LogP contribution >= 0.6 is 11.6 Å². The fourth-order valence-corrected chi connectivity index (χ4v) is 3.99. The van der Waals surface area contributed by atoms with E-state index < -0.39 is 11.0 Å². The van der Waals surface area contributed by atoms with E-state index in [2.05, 4.69) is 5.32 Å². The number of hydrogen-bond donors (Lipinski definition) is 1. The molecule has 7 nitrogen and oxygen atoms in total. The lowest BCUT2D eigenvalue weighted by Gasteiger charge is -2.30. The molecule has 0 saturated heterocycles. The van der Waals surface area contributed by atoms with E-state index in [1.165, 1.54) is 11.0 Å². The highest BCUT2D eigenvalue weighted by Crippen LogP contribution is 2.22. The topological polar surface area (TPSA) is 92.6 Å². The molecule has 0 radical (unpaired) electrons. The molecule has 0 unspecified atom stereocenters. The van der Waals surface area contributed by atoms with Gasteiger partial charge < -0.3 is 10.2 Å².